The summed E-state index contributed by atoms with van der Waals surface area (Å²) >= 11 is 0. The van der Waals surface area contributed by atoms with Crippen LogP contribution in [-0.4, -0.2) is 35.7 Å². The van der Waals surface area contributed by atoms with Gasteiger partial charge in [0.2, 0.25) is 0 Å². The fraction of sp³-hybridized carbons (Fsp3) is 0.467. The van der Waals surface area contributed by atoms with Gasteiger partial charge in [-0.2, -0.15) is 0 Å². The van der Waals surface area contributed by atoms with E-state index >= 15 is 0 Å². The Kier molecular flexibility index (Phi) is 4.39. The summed E-state index contributed by atoms with van der Waals surface area (Å²) in [6.07, 6.45) is 1.52. The first-order chi connectivity index (χ1) is 9.53. The van der Waals surface area contributed by atoms with E-state index in [2.05, 4.69) is 5.32 Å². The lowest BCUT2D eigenvalue weighted by Gasteiger charge is -2.23. The van der Waals surface area contributed by atoms with Crippen molar-refractivity contribution < 1.29 is 19.4 Å². The Labute approximate surface area is 117 Å². The SMILES string of the molecule is CC1(C(=O)NCC(C(=O)O)c2ccccc2)CCCO1. The van der Waals surface area contributed by atoms with Crippen LogP contribution in [0.25, 0.3) is 0 Å². The third kappa shape index (κ3) is 3.17. The number of ether oxygens (including phenoxy) is 1. The van der Waals surface area contributed by atoms with Gasteiger partial charge in [-0.05, 0) is 25.3 Å². The molecule has 2 unspecified atom stereocenters. The molecular formula is C15H19NO4. The van der Waals surface area contributed by atoms with Crippen LogP contribution >= 0.6 is 0 Å². The van der Waals surface area contributed by atoms with Crippen LogP contribution < -0.4 is 5.32 Å². The second kappa shape index (κ2) is 6.05. The molecule has 1 aromatic carbocycles. The number of benzene rings is 1. The van der Waals surface area contributed by atoms with Crippen molar-refractivity contribution in [2.45, 2.75) is 31.3 Å². The van der Waals surface area contributed by atoms with Crippen LogP contribution in [0.3, 0.4) is 0 Å². The van der Waals surface area contributed by atoms with E-state index in [1.54, 1.807) is 31.2 Å². The quantitative estimate of drug-likeness (QED) is 0.856. The highest BCUT2D eigenvalue weighted by molar-refractivity contribution is 5.86. The van der Waals surface area contributed by atoms with Crippen LogP contribution in [0.5, 0.6) is 0 Å². The molecule has 1 aliphatic heterocycles. The fourth-order valence-electron chi connectivity index (χ4n) is 2.37. The van der Waals surface area contributed by atoms with E-state index < -0.39 is 17.5 Å². The van der Waals surface area contributed by atoms with Gasteiger partial charge < -0.3 is 15.2 Å². The summed E-state index contributed by atoms with van der Waals surface area (Å²) in [5.41, 5.74) is -0.141. The standard InChI is InChI=1S/C15H19NO4/c1-15(8-5-9-20-15)14(19)16-10-12(13(17)18)11-6-3-2-4-7-11/h2-4,6-7,12H,5,8-10H2,1H3,(H,16,19)(H,17,18). The smallest absolute Gasteiger partial charge is 0.312 e. The van der Waals surface area contributed by atoms with Crippen LogP contribution in [-0.2, 0) is 14.3 Å². The Morgan fingerprint density at radius 1 is 1.40 bits per heavy atom. The molecule has 1 fully saturated rings. The summed E-state index contributed by atoms with van der Waals surface area (Å²) in [4.78, 5) is 23.4. The Hall–Kier alpha value is -1.88. The predicted molar refractivity (Wildman–Crippen MR) is 73.4 cm³/mol. The van der Waals surface area contributed by atoms with Crippen molar-refractivity contribution >= 4 is 11.9 Å². The molecule has 1 aromatic rings. The van der Waals surface area contributed by atoms with E-state index in [1.165, 1.54) is 0 Å². The molecule has 0 aromatic heterocycles. The van der Waals surface area contributed by atoms with Crippen molar-refractivity contribution in [3.05, 3.63) is 35.9 Å². The lowest BCUT2D eigenvalue weighted by atomic mass is 9.98. The topological polar surface area (TPSA) is 75.6 Å². The minimum atomic E-state index is -0.950. The molecule has 108 valence electrons. The number of carboxylic acid groups (broad SMARTS) is 1. The average Bonchev–Trinajstić information content (AvgIpc) is 2.88. The van der Waals surface area contributed by atoms with E-state index in [1.807, 2.05) is 6.07 Å². The molecule has 0 spiro atoms. The molecule has 2 N–H and O–H groups in total. The summed E-state index contributed by atoms with van der Waals surface area (Å²) in [6, 6.07) is 8.90. The molecule has 2 rings (SSSR count). The van der Waals surface area contributed by atoms with Gasteiger partial charge in [0.25, 0.3) is 5.91 Å². The maximum absolute atomic E-state index is 12.1. The monoisotopic (exact) mass is 277 g/mol. The molecule has 1 heterocycles. The first-order valence-corrected chi connectivity index (χ1v) is 6.73. The van der Waals surface area contributed by atoms with Crippen LogP contribution in [0, 0.1) is 0 Å². The van der Waals surface area contributed by atoms with E-state index in [-0.39, 0.29) is 12.5 Å². The number of nitrogens with one attached hydrogen (secondary N) is 1. The maximum Gasteiger partial charge on any atom is 0.312 e. The van der Waals surface area contributed by atoms with E-state index in [0.29, 0.717) is 18.6 Å². The fourth-order valence-corrected chi connectivity index (χ4v) is 2.37. The molecule has 0 saturated carbocycles. The van der Waals surface area contributed by atoms with Gasteiger partial charge in [-0.3, -0.25) is 9.59 Å². The zero-order valence-corrected chi connectivity index (χ0v) is 11.5. The van der Waals surface area contributed by atoms with E-state index in [9.17, 15) is 14.7 Å². The number of aliphatic carboxylic acids is 1. The van der Waals surface area contributed by atoms with Gasteiger partial charge in [-0.1, -0.05) is 30.3 Å². The van der Waals surface area contributed by atoms with Crippen LogP contribution in [0.15, 0.2) is 30.3 Å². The molecule has 2 atom stereocenters. The lowest BCUT2D eigenvalue weighted by Crippen LogP contribution is -2.45. The lowest BCUT2D eigenvalue weighted by molar-refractivity contribution is -0.141. The molecule has 0 radical (unpaired) electrons. The number of rotatable bonds is 5. The molecule has 0 aliphatic carbocycles. The summed E-state index contributed by atoms with van der Waals surface area (Å²) in [5, 5.41) is 12.0. The van der Waals surface area contributed by atoms with Gasteiger partial charge >= 0.3 is 5.97 Å². The summed E-state index contributed by atoms with van der Waals surface area (Å²) in [6.45, 7) is 2.38. The second-order valence-electron chi connectivity index (χ2n) is 5.19. The highest BCUT2D eigenvalue weighted by Gasteiger charge is 2.38. The number of carboxylic acids is 1. The minimum Gasteiger partial charge on any atom is -0.481 e. The average molecular weight is 277 g/mol. The van der Waals surface area contributed by atoms with Gasteiger partial charge in [-0.25, -0.2) is 0 Å². The minimum absolute atomic E-state index is 0.0666. The van der Waals surface area contributed by atoms with Crippen molar-refractivity contribution in [2.24, 2.45) is 0 Å². The van der Waals surface area contributed by atoms with E-state index in [4.69, 9.17) is 4.74 Å². The van der Waals surface area contributed by atoms with Crippen molar-refractivity contribution in [3.8, 4) is 0 Å². The first kappa shape index (κ1) is 14.5. The summed E-state index contributed by atoms with van der Waals surface area (Å²) < 4.78 is 5.44. The Morgan fingerprint density at radius 2 is 2.10 bits per heavy atom. The van der Waals surface area contributed by atoms with Gasteiger partial charge in [0.05, 0.1) is 5.92 Å². The van der Waals surface area contributed by atoms with Crippen LogP contribution in [0.1, 0.15) is 31.2 Å². The van der Waals surface area contributed by atoms with Gasteiger partial charge in [-0.15, -0.1) is 0 Å². The third-order valence-electron chi connectivity index (χ3n) is 3.67. The normalized spacial score (nSPS) is 23.2. The largest absolute Gasteiger partial charge is 0.481 e. The predicted octanol–water partition coefficient (Wildman–Crippen LogP) is 1.54. The Bertz CT molecular complexity index is 480. The molecule has 1 amide bonds. The van der Waals surface area contributed by atoms with Crippen molar-refractivity contribution in [3.63, 3.8) is 0 Å². The molecule has 5 heteroatoms. The number of hydrogen-bond acceptors (Lipinski definition) is 3. The zero-order chi connectivity index (χ0) is 14.6. The number of amides is 1. The van der Waals surface area contributed by atoms with Gasteiger partial charge in [0, 0.05) is 13.2 Å². The molecule has 5 nitrogen and oxygen atoms in total. The molecule has 20 heavy (non-hydrogen) atoms. The maximum atomic E-state index is 12.1. The van der Waals surface area contributed by atoms with Gasteiger partial charge in [0.1, 0.15) is 5.60 Å². The van der Waals surface area contributed by atoms with Crippen molar-refractivity contribution in [1.29, 1.82) is 0 Å². The Balaban J connectivity index is 2.00. The highest BCUT2D eigenvalue weighted by atomic mass is 16.5. The third-order valence-corrected chi connectivity index (χ3v) is 3.67. The zero-order valence-electron chi connectivity index (χ0n) is 11.5. The Morgan fingerprint density at radius 3 is 2.65 bits per heavy atom. The summed E-state index contributed by atoms with van der Waals surface area (Å²) in [7, 11) is 0. The van der Waals surface area contributed by atoms with Crippen LogP contribution in [0.4, 0.5) is 0 Å². The molecule has 1 aliphatic rings. The number of hydrogen-bond donors (Lipinski definition) is 2. The van der Waals surface area contributed by atoms with Gasteiger partial charge in [0.15, 0.2) is 0 Å². The summed E-state index contributed by atoms with van der Waals surface area (Å²) in [5.74, 6) is -1.93. The number of carbonyl (C=O) groups excluding carboxylic acids is 1. The highest BCUT2D eigenvalue weighted by Crippen LogP contribution is 2.25. The number of carbonyl (C=O) groups is 2. The van der Waals surface area contributed by atoms with Crippen molar-refractivity contribution in [1.82, 2.24) is 5.32 Å². The first-order valence-electron chi connectivity index (χ1n) is 6.73. The van der Waals surface area contributed by atoms with Crippen LogP contribution in [0.2, 0.25) is 0 Å². The molecule has 1 saturated heterocycles. The molecular weight excluding hydrogens is 258 g/mol. The second-order valence-corrected chi connectivity index (χ2v) is 5.19. The molecule has 0 bridgehead atoms. The van der Waals surface area contributed by atoms with Crippen molar-refractivity contribution in [2.75, 3.05) is 13.2 Å². The van der Waals surface area contributed by atoms with E-state index in [0.717, 1.165) is 6.42 Å².